The molecule has 1 aromatic carbocycles. The molecule has 11 heteroatoms. The molecule has 0 amide bonds. The van der Waals surface area contributed by atoms with Gasteiger partial charge in [0.25, 0.3) is 0 Å². The summed E-state index contributed by atoms with van der Waals surface area (Å²) < 4.78 is 22.0. The Labute approximate surface area is 221 Å². The van der Waals surface area contributed by atoms with E-state index in [0.29, 0.717) is 47.1 Å². The van der Waals surface area contributed by atoms with E-state index < -0.39 is 11.6 Å². The largest absolute Gasteiger partial charge is 0.490 e. The Morgan fingerprint density at radius 1 is 1.00 bits per heavy atom. The predicted molar refractivity (Wildman–Crippen MR) is 137 cm³/mol. The monoisotopic (exact) mass is 557 g/mol. The average molecular weight is 559 g/mol. The van der Waals surface area contributed by atoms with Crippen LogP contribution >= 0.6 is 46.4 Å². The number of halogens is 4. The molecule has 7 nitrogen and oxygen atoms in total. The molecule has 0 spiro atoms. The Balaban J connectivity index is 2.19. The number of oxime groups is 1. The van der Waals surface area contributed by atoms with Crippen LogP contribution in [-0.4, -0.2) is 50.3 Å². The van der Waals surface area contributed by atoms with Crippen LogP contribution in [0.2, 0.25) is 10.0 Å². The van der Waals surface area contributed by atoms with Crippen molar-refractivity contribution < 1.29 is 28.6 Å². The van der Waals surface area contributed by atoms with Crippen LogP contribution in [0.4, 0.5) is 0 Å². The van der Waals surface area contributed by atoms with Crippen molar-refractivity contribution in [2.75, 3.05) is 33.0 Å². The molecule has 0 atom stereocenters. The molecular weight excluding hydrogens is 528 g/mol. The molecule has 0 heterocycles. The Morgan fingerprint density at radius 2 is 1.65 bits per heavy atom. The topological polar surface area (TPSA) is 75.6 Å². The zero-order chi connectivity index (χ0) is 25.6. The summed E-state index contributed by atoms with van der Waals surface area (Å²) in [6, 6.07) is 3.24. The van der Waals surface area contributed by atoms with Crippen LogP contribution in [0, 0.1) is 0 Å². The summed E-state index contributed by atoms with van der Waals surface area (Å²) in [5.74, 6) is 0.430. The van der Waals surface area contributed by atoms with E-state index >= 15 is 0 Å². The van der Waals surface area contributed by atoms with Gasteiger partial charge in [-0.05, 0) is 53.0 Å². The SMILES string of the molecule is CC(COCCCCCOc1c(Cl)cc(OCC=C(Cl)Cl)cc1Cl)=NOCC(=O)OC(C)(C)C. The first-order valence-electron chi connectivity index (χ1n) is 10.7. The van der Waals surface area contributed by atoms with Crippen LogP contribution in [0.15, 0.2) is 27.9 Å². The minimum absolute atomic E-state index is 0.120. The summed E-state index contributed by atoms with van der Waals surface area (Å²) >= 11 is 23.6. The van der Waals surface area contributed by atoms with E-state index in [1.807, 2.05) is 0 Å². The molecule has 0 unspecified atom stereocenters. The number of unbranched alkanes of at least 4 members (excludes halogenated alkanes) is 2. The first-order chi connectivity index (χ1) is 16.0. The van der Waals surface area contributed by atoms with Gasteiger partial charge in [-0.25, -0.2) is 4.79 Å². The Morgan fingerprint density at radius 3 is 2.26 bits per heavy atom. The lowest BCUT2D eigenvalue weighted by Gasteiger charge is -2.18. The minimum atomic E-state index is -0.552. The van der Waals surface area contributed by atoms with Gasteiger partial charge < -0.3 is 23.8 Å². The first kappa shape index (κ1) is 30.7. The third kappa shape index (κ3) is 14.8. The maximum Gasteiger partial charge on any atom is 0.347 e. The van der Waals surface area contributed by atoms with Crippen LogP contribution in [-0.2, 0) is 19.1 Å². The van der Waals surface area contributed by atoms with E-state index in [1.165, 1.54) is 6.08 Å². The highest BCUT2D eigenvalue weighted by Gasteiger charge is 2.16. The quantitative estimate of drug-likeness (QED) is 0.0998. The number of carbonyl (C=O) groups excluding carboxylic acids is 1. The standard InChI is InChI=1S/C23H31Cl4NO6/c1-16(28-33-15-21(29)34-23(2,3)4)14-30-9-6-5-7-10-32-22-18(24)12-17(13-19(22)25)31-11-8-20(26)27/h8,12-13H,5-7,9-11,14-15H2,1-4H3. The fourth-order valence-electron chi connectivity index (χ4n) is 2.43. The highest BCUT2D eigenvalue weighted by Crippen LogP contribution is 2.37. The maximum atomic E-state index is 11.5. The molecule has 0 bridgehead atoms. The van der Waals surface area contributed by atoms with Gasteiger partial charge >= 0.3 is 5.97 Å². The van der Waals surface area contributed by atoms with Crippen LogP contribution in [0.1, 0.15) is 47.0 Å². The number of ether oxygens (including phenoxy) is 4. The lowest BCUT2D eigenvalue weighted by Crippen LogP contribution is -2.26. The van der Waals surface area contributed by atoms with Gasteiger partial charge in [0.15, 0.2) is 5.75 Å². The van der Waals surface area contributed by atoms with Crippen molar-refractivity contribution in [1.29, 1.82) is 0 Å². The minimum Gasteiger partial charge on any atom is -0.490 e. The van der Waals surface area contributed by atoms with E-state index in [4.69, 9.17) is 70.2 Å². The van der Waals surface area contributed by atoms with Gasteiger partial charge in [-0.3, -0.25) is 0 Å². The van der Waals surface area contributed by atoms with E-state index in [1.54, 1.807) is 39.8 Å². The lowest BCUT2D eigenvalue weighted by atomic mass is 10.2. The molecule has 192 valence electrons. The molecule has 0 aromatic heterocycles. The zero-order valence-electron chi connectivity index (χ0n) is 19.8. The van der Waals surface area contributed by atoms with Crippen LogP contribution in [0.25, 0.3) is 0 Å². The van der Waals surface area contributed by atoms with Crippen molar-refractivity contribution >= 4 is 58.1 Å². The number of esters is 1. The van der Waals surface area contributed by atoms with Gasteiger partial charge in [-0.15, -0.1) is 0 Å². The van der Waals surface area contributed by atoms with Gasteiger partial charge in [-0.2, -0.15) is 0 Å². The fourth-order valence-corrected chi connectivity index (χ4v) is 3.13. The van der Waals surface area contributed by atoms with Crippen molar-refractivity contribution in [2.45, 2.75) is 52.6 Å². The molecule has 0 radical (unpaired) electrons. The number of nitrogens with zero attached hydrogens (tertiary/aromatic N) is 1. The molecule has 1 aromatic rings. The van der Waals surface area contributed by atoms with Crippen molar-refractivity contribution in [3.8, 4) is 11.5 Å². The second-order valence-electron chi connectivity index (χ2n) is 8.17. The highest BCUT2D eigenvalue weighted by atomic mass is 35.5. The van der Waals surface area contributed by atoms with Crippen molar-refractivity contribution in [3.05, 3.63) is 32.7 Å². The van der Waals surface area contributed by atoms with E-state index in [0.717, 1.165) is 19.3 Å². The summed E-state index contributed by atoms with van der Waals surface area (Å²) in [4.78, 5) is 16.5. The molecule has 0 aliphatic rings. The van der Waals surface area contributed by atoms with Crippen molar-refractivity contribution in [3.63, 3.8) is 0 Å². The molecule has 34 heavy (non-hydrogen) atoms. The molecule has 0 N–H and O–H groups in total. The first-order valence-corrected chi connectivity index (χ1v) is 12.2. The number of rotatable bonds is 15. The molecule has 0 saturated carbocycles. The molecule has 0 fully saturated rings. The Kier molecular flexibility index (Phi) is 14.7. The Hall–Kier alpha value is -1.38. The third-order valence-electron chi connectivity index (χ3n) is 3.77. The second-order valence-corrected chi connectivity index (χ2v) is 9.99. The van der Waals surface area contributed by atoms with E-state index in [2.05, 4.69) is 5.16 Å². The number of carbonyl (C=O) groups is 1. The molecule has 0 aliphatic carbocycles. The predicted octanol–water partition coefficient (Wildman–Crippen LogP) is 6.99. The van der Waals surface area contributed by atoms with Crippen molar-refractivity contribution in [1.82, 2.24) is 0 Å². The van der Waals surface area contributed by atoms with Gasteiger partial charge in [-0.1, -0.05) is 51.6 Å². The molecule has 1 rings (SSSR count). The van der Waals surface area contributed by atoms with Gasteiger partial charge in [0.1, 0.15) is 22.4 Å². The lowest BCUT2D eigenvalue weighted by molar-refractivity contribution is -0.160. The summed E-state index contributed by atoms with van der Waals surface area (Å²) in [7, 11) is 0. The fraction of sp³-hybridized carbons (Fsp3) is 0.565. The van der Waals surface area contributed by atoms with Gasteiger partial charge in [0.2, 0.25) is 6.61 Å². The van der Waals surface area contributed by atoms with Crippen LogP contribution in [0.3, 0.4) is 0 Å². The summed E-state index contributed by atoms with van der Waals surface area (Å²) in [6.45, 7) is 8.43. The normalized spacial score (nSPS) is 11.7. The molecule has 0 aliphatic heterocycles. The summed E-state index contributed by atoms with van der Waals surface area (Å²) in [6.07, 6.45) is 4.06. The summed E-state index contributed by atoms with van der Waals surface area (Å²) in [5.41, 5.74) is 0.0777. The average Bonchev–Trinajstić information content (AvgIpc) is 2.70. The van der Waals surface area contributed by atoms with Gasteiger partial charge in [0, 0.05) is 18.7 Å². The maximum absolute atomic E-state index is 11.5. The highest BCUT2D eigenvalue weighted by molar-refractivity contribution is 6.55. The van der Waals surface area contributed by atoms with Crippen molar-refractivity contribution in [2.24, 2.45) is 5.16 Å². The molecule has 0 saturated heterocycles. The van der Waals surface area contributed by atoms with E-state index in [9.17, 15) is 4.79 Å². The third-order valence-corrected chi connectivity index (χ3v) is 4.64. The zero-order valence-corrected chi connectivity index (χ0v) is 22.8. The molecular formula is C23H31Cl4NO6. The van der Waals surface area contributed by atoms with E-state index in [-0.39, 0.29) is 17.7 Å². The smallest absolute Gasteiger partial charge is 0.347 e. The summed E-state index contributed by atoms with van der Waals surface area (Å²) in [5, 5.41) is 4.56. The Bertz CT molecular complexity index is 812. The van der Waals surface area contributed by atoms with Crippen LogP contribution < -0.4 is 9.47 Å². The van der Waals surface area contributed by atoms with Crippen LogP contribution in [0.5, 0.6) is 11.5 Å². The second kappa shape index (κ2) is 16.3. The number of benzene rings is 1. The number of hydrogen-bond donors (Lipinski definition) is 0. The number of hydrogen-bond acceptors (Lipinski definition) is 7. The van der Waals surface area contributed by atoms with Gasteiger partial charge in [0.05, 0.1) is 29.0 Å².